The van der Waals surface area contributed by atoms with Crippen molar-refractivity contribution < 1.29 is 0 Å². The molecule has 0 saturated heterocycles. The quantitative estimate of drug-likeness (QED) is 0.822. The molecule has 2 unspecified atom stereocenters. The molecule has 2 atom stereocenters. The van der Waals surface area contributed by atoms with Gasteiger partial charge in [0.15, 0.2) is 0 Å². The van der Waals surface area contributed by atoms with Crippen molar-refractivity contribution >= 4 is 17.4 Å². The van der Waals surface area contributed by atoms with E-state index in [1.807, 2.05) is 12.1 Å². The molecule has 1 N–H and O–H groups in total. The Labute approximate surface area is 97.1 Å². The molecular formula is C12H19ClN2. The van der Waals surface area contributed by atoms with Crippen molar-refractivity contribution in [3.05, 3.63) is 23.4 Å². The van der Waals surface area contributed by atoms with Crippen molar-refractivity contribution in [3.63, 3.8) is 0 Å². The maximum absolute atomic E-state index is 5.76. The Morgan fingerprint density at radius 3 is 2.67 bits per heavy atom. The van der Waals surface area contributed by atoms with Crippen LogP contribution in [0, 0.1) is 5.92 Å². The van der Waals surface area contributed by atoms with E-state index in [1.54, 1.807) is 6.20 Å². The number of hydrogen-bond acceptors (Lipinski definition) is 2. The predicted molar refractivity (Wildman–Crippen MR) is 66.4 cm³/mol. The number of nitrogens with zero attached hydrogens (tertiary/aromatic N) is 1. The van der Waals surface area contributed by atoms with Crippen molar-refractivity contribution in [1.82, 2.24) is 4.98 Å². The minimum Gasteiger partial charge on any atom is -0.368 e. The fraction of sp³-hybridized carbons (Fsp3) is 0.583. The number of pyridine rings is 1. The van der Waals surface area contributed by atoms with Gasteiger partial charge in [0, 0.05) is 12.2 Å². The minimum atomic E-state index is 0.452. The van der Waals surface area contributed by atoms with Gasteiger partial charge in [-0.2, -0.15) is 0 Å². The van der Waals surface area contributed by atoms with Crippen molar-refractivity contribution in [2.75, 3.05) is 5.32 Å². The zero-order valence-electron chi connectivity index (χ0n) is 9.63. The zero-order chi connectivity index (χ0) is 11.3. The van der Waals surface area contributed by atoms with E-state index in [2.05, 4.69) is 31.1 Å². The first-order valence-corrected chi connectivity index (χ1v) is 5.87. The van der Waals surface area contributed by atoms with Crippen LogP contribution in [-0.2, 0) is 0 Å². The molecule has 0 aliphatic rings. The Morgan fingerprint density at radius 2 is 2.13 bits per heavy atom. The highest BCUT2D eigenvalue weighted by Gasteiger charge is 2.07. The Balaban J connectivity index is 2.44. The Bertz CT molecular complexity index is 284. The zero-order valence-corrected chi connectivity index (χ0v) is 10.4. The van der Waals surface area contributed by atoms with E-state index in [4.69, 9.17) is 11.6 Å². The summed E-state index contributed by atoms with van der Waals surface area (Å²) in [7, 11) is 0. The maximum Gasteiger partial charge on any atom is 0.126 e. The molecular weight excluding hydrogens is 208 g/mol. The van der Waals surface area contributed by atoms with Crippen molar-refractivity contribution in [2.24, 2.45) is 5.92 Å². The van der Waals surface area contributed by atoms with E-state index in [9.17, 15) is 0 Å². The monoisotopic (exact) mass is 226 g/mol. The van der Waals surface area contributed by atoms with E-state index < -0.39 is 0 Å². The van der Waals surface area contributed by atoms with Crippen molar-refractivity contribution in [2.45, 2.75) is 39.7 Å². The van der Waals surface area contributed by atoms with E-state index in [0.717, 1.165) is 11.7 Å². The fourth-order valence-electron chi connectivity index (χ4n) is 1.54. The third-order valence-electron chi connectivity index (χ3n) is 2.57. The van der Waals surface area contributed by atoms with Crippen LogP contribution in [0.1, 0.15) is 33.6 Å². The average Bonchev–Trinajstić information content (AvgIpc) is 2.21. The number of hydrogen-bond donors (Lipinski definition) is 1. The Hall–Kier alpha value is -0.760. The molecule has 0 amide bonds. The lowest BCUT2D eigenvalue weighted by atomic mass is 10.0. The number of aromatic nitrogens is 1. The molecule has 2 nitrogen and oxygen atoms in total. The highest BCUT2D eigenvalue weighted by Crippen LogP contribution is 2.14. The molecule has 1 rings (SSSR count). The molecule has 1 aromatic heterocycles. The van der Waals surface area contributed by atoms with Gasteiger partial charge in [0.25, 0.3) is 0 Å². The summed E-state index contributed by atoms with van der Waals surface area (Å²) in [6, 6.07) is 4.22. The smallest absolute Gasteiger partial charge is 0.126 e. The van der Waals surface area contributed by atoms with E-state index in [0.29, 0.717) is 11.1 Å². The molecule has 0 bridgehead atoms. The summed E-state index contributed by atoms with van der Waals surface area (Å²) in [4.78, 5) is 4.21. The van der Waals surface area contributed by atoms with Crippen LogP contribution in [-0.4, -0.2) is 11.0 Å². The molecule has 1 aromatic rings. The van der Waals surface area contributed by atoms with Gasteiger partial charge in [-0.15, -0.1) is 0 Å². The van der Waals surface area contributed by atoms with Crippen molar-refractivity contribution in [1.29, 1.82) is 0 Å². The van der Waals surface area contributed by atoms with Crippen LogP contribution in [0.15, 0.2) is 18.3 Å². The second-order valence-corrected chi connectivity index (χ2v) is 4.59. The molecule has 0 aliphatic carbocycles. The third-order valence-corrected chi connectivity index (χ3v) is 2.80. The first-order valence-electron chi connectivity index (χ1n) is 5.50. The number of halogens is 1. The standard InChI is InChI=1S/C12H19ClN2/c1-4-9(2)7-10(3)15-12-6-5-11(13)8-14-12/h5-6,8-10H,4,7H2,1-3H3,(H,14,15). The van der Waals surface area contributed by atoms with Crippen LogP contribution < -0.4 is 5.32 Å². The highest BCUT2D eigenvalue weighted by atomic mass is 35.5. The van der Waals surface area contributed by atoms with Gasteiger partial charge in [0.1, 0.15) is 5.82 Å². The third kappa shape index (κ3) is 4.52. The van der Waals surface area contributed by atoms with Gasteiger partial charge in [-0.1, -0.05) is 31.9 Å². The molecule has 15 heavy (non-hydrogen) atoms. The summed E-state index contributed by atoms with van der Waals surface area (Å²) in [5.41, 5.74) is 0. The number of nitrogens with one attached hydrogen (secondary N) is 1. The van der Waals surface area contributed by atoms with Crippen molar-refractivity contribution in [3.8, 4) is 0 Å². The maximum atomic E-state index is 5.76. The molecule has 0 aliphatic heterocycles. The Kier molecular flexibility index (Phi) is 4.89. The average molecular weight is 227 g/mol. The largest absolute Gasteiger partial charge is 0.368 e. The van der Waals surface area contributed by atoms with Crippen LogP contribution in [0.4, 0.5) is 5.82 Å². The van der Waals surface area contributed by atoms with E-state index in [-0.39, 0.29) is 0 Å². The summed E-state index contributed by atoms with van der Waals surface area (Å²) in [5.74, 6) is 1.65. The lowest BCUT2D eigenvalue weighted by Gasteiger charge is -2.17. The number of anilines is 1. The normalized spacial score (nSPS) is 14.7. The molecule has 84 valence electrons. The number of rotatable bonds is 5. The molecule has 0 radical (unpaired) electrons. The van der Waals surface area contributed by atoms with Gasteiger partial charge in [0.2, 0.25) is 0 Å². The molecule has 3 heteroatoms. The minimum absolute atomic E-state index is 0.452. The highest BCUT2D eigenvalue weighted by molar-refractivity contribution is 6.30. The molecule has 0 fully saturated rings. The second-order valence-electron chi connectivity index (χ2n) is 4.16. The van der Waals surface area contributed by atoms with E-state index in [1.165, 1.54) is 12.8 Å². The summed E-state index contributed by atoms with van der Waals surface area (Å²) >= 11 is 5.76. The first-order chi connectivity index (χ1) is 7.11. The van der Waals surface area contributed by atoms with Gasteiger partial charge in [-0.05, 0) is 31.4 Å². The van der Waals surface area contributed by atoms with Gasteiger partial charge < -0.3 is 5.32 Å². The predicted octanol–water partition coefficient (Wildman–Crippen LogP) is 3.97. The van der Waals surface area contributed by atoms with Crippen LogP contribution in [0.2, 0.25) is 5.02 Å². The molecule has 0 saturated carbocycles. The van der Waals surface area contributed by atoms with Crippen LogP contribution in [0.5, 0.6) is 0 Å². The van der Waals surface area contributed by atoms with Gasteiger partial charge in [-0.3, -0.25) is 0 Å². The van der Waals surface area contributed by atoms with Crippen LogP contribution >= 0.6 is 11.6 Å². The van der Waals surface area contributed by atoms with Gasteiger partial charge in [0.05, 0.1) is 5.02 Å². The van der Waals surface area contributed by atoms with Gasteiger partial charge in [-0.25, -0.2) is 4.98 Å². The van der Waals surface area contributed by atoms with Crippen LogP contribution in [0.25, 0.3) is 0 Å². The first kappa shape index (κ1) is 12.3. The Morgan fingerprint density at radius 1 is 1.40 bits per heavy atom. The molecule has 0 spiro atoms. The fourth-order valence-corrected chi connectivity index (χ4v) is 1.65. The van der Waals surface area contributed by atoms with E-state index >= 15 is 0 Å². The molecule has 0 aromatic carbocycles. The summed E-state index contributed by atoms with van der Waals surface area (Å²) in [6.07, 6.45) is 4.06. The second kappa shape index (κ2) is 5.96. The SMILES string of the molecule is CCC(C)CC(C)Nc1ccc(Cl)cn1. The molecule has 1 heterocycles. The summed E-state index contributed by atoms with van der Waals surface area (Å²) < 4.78 is 0. The summed E-state index contributed by atoms with van der Waals surface area (Å²) in [6.45, 7) is 6.67. The lowest BCUT2D eigenvalue weighted by Crippen LogP contribution is -2.18. The topological polar surface area (TPSA) is 24.9 Å². The van der Waals surface area contributed by atoms with Gasteiger partial charge >= 0.3 is 0 Å². The lowest BCUT2D eigenvalue weighted by molar-refractivity contribution is 0.483. The van der Waals surface area contributed by atoms with Crippen LogP contribution in [0.3, 0.4) is 0 Å². The summed E-state index contributed by atoms with van der Waals surface area (Å²) in [5, 5.41) is 4.04.